The van der Waals surface area contributed by atoms with Gasteiger partial charge in [0.15, 0.2) is 11.5 Å². The first-order chi connectivity index (χ1) is 13.4. The predicted octanol–water partition coefficient (Wildman–Crippen LogP) is 5.19. The summed E-state index contributed by atoms with van der Waals surface area (Å²) < 4.78 is 17.3. The van der Waals surface area contributed by atoms with Crippen LogP contribution in [0.2, 0.25) is 0 Å². The molecule has 144 valence electrons. The Labute approximate surface area is 171 Å². The molecule has 7 heteroatoms. The van der Waals surface area contributed by atoms with Gasteiger partial charge in [0.25, 0.3) is 0 Å². The lowest BCUT2D eigenvalue weighted by Gasteiger charge is -2.16. The number of aromatic nitrogens is 2. The van der Waals surface area contributed by atoms with Crippen LogP contribution in [-0.2, 0) is 0 Å². The number of nitrogens with one attached hydrogen (secondary N) is 1. The van der Waals surface area contributed by atoms with Gasteiger partial charge in [-0.1, -0.05) is 0 Å². The number of halogens is 1. The molecule has 28 heavy (non-hydrogen) atoms. The summed E-state index contributed by atoms with van der Waals surface area (Å²) in [6.45, 7) is 3.90. The number of nitriles is 1. The van der Waals surface area contributed by atoms with Crippen molar-refractivity contribution in [2.45, 2.75) is 20.0 Å². The zero-order valence-corrected chi connectivity index (χ0v) is 17.6. The molecule has 3 rings (SSSR count). The van der Waals surface area contributed by atoms with Crippen molar-refractivity contribution in [3.8, 4) is 23.3 Å². The number of hydrogen-bond donors (Lipinski definition) is 1. The predicted molar refractivity (Wildman–Crippen MR) is 113 cm³/mol. The van der Waals surface area contributed by atoms with E-state index in [0.29, 0.717) is 22.9 Å². The van der Waals surface area contributed by atoms with Crippen molar-refractivity contribution in [1.82, 2.24) is 9.97 Å². The quantitative estimate of drug-likeness (QED) is 0.532. The summed E-state index contributed by atoms with van der Waals surface area (Å²) >= 11 is 3.52. The maximum atomic E-state index is 9.67. The lowest BCUT2D eigenvalue weighted by molar-refractivity contribution is 0.228. The van der Waals surface area contributed by atoms with Gasteiger partial charge in [-0.15, -0.1) is 0 Å². The molecule has 1 N–H and O–H groups in total. The van der Waals surface area contributed by atoms with Crippen LogP contribution in [0.4, 0.5) is 0 Å². The van der Waals surface area contributed by atoms with Crippen molar-refractivity contribution in [3.63, 3.8) is 0 Å². The number of aromatic amines is 1. The highest BCUT2D eigenvalue weighted by atomic mass is 79.9. The molecule has 0 radical (unpaired) electrons. The molecule has 0 saturated carbocycles. The van der Waals surface area contributed by atoms with Crippen LogP contribution in [-0.4, -0.2) is 30.3 Å². The Balaban J connectivity index is 2.03. The van der Waals surface area contributed by atoms with Gasteiger partial charge in [0.1, 0.15) is 17.6 Å². The Hall–Kier alpha value is -2.98. The Kier molecular flexibility index (Phi) is 5.90. The van der Waals surface area contributed by atoms with Crippen molar-refractivity contribution >= 4 is 38.6 Å². The van der Waals surface area contributed by atoms with Gasteiger partial charge in [-0.25, -0.2) is 4.98 Å². The van der Waals surface area contributed by atoms with Gasteiger partial charge in [0.05, 0.1) is 41.4 Å². The molecule has 0 fully saturated rings. The topological polar surface area (TPSA) is 80.2 Å². The monoisotopic (exact) mass is 441 g/mol. The zero-order chi connectivity index (χ0) is 20.3. The summed E-state index contributed by atoms with van der Waals surface area (Å²) in [6, 6.07) is 11.4. The largest absolute Gasteiger partial charge is 0.497 e. The molecule has 6 nitrogen and oxygen atoms in total. The Morgan fingerprint density at radius 2 is 2.00 bits per heavy atom. The fraction of sp³-hybridized carbons (Fsp3) is 0.238. The van der Waals surface area contributed by atoms with Gasteiger partial charge in [-0.05, 0) is 65.7 Å². The number of hydrogen-bond acceptors (Lipinski definition) is 5. The molecule has 0 unspecified atom stereocenters. The van der Waals surface area contributed by atoms with E-state index in [4.69, 9.17) is 14.2 Å². The smallest absolute Gasteiger partial charge is 0.175 e. The minimum atomic E-state index is 0.00815. The molecule has 3 aromatic rings. The summed E-state index contributed by atoms with van der Waals surface area (Å²) in [4.78, 5) is 7.68. The molecular weight excluding hydrogens is 422 g/mol. The third-order valence-electron chi connectivity index (χ3n) is 3.98. The molecule has 0 amide bonds. The lowest BCUT2D eigenvalue weighted by atomic mass is 10.1. The number of fused-ring (bicyclic) bond motifs is 1. The van der Waals surface area contributed by atoms with E-state index in [1.807, 2.05) is 44.2 Å². The number of benzene rings is 2. The van der Waals surface area contributed by atoms with E-state index in [0.717, 1.165) is 26.8 Å². The molecule has 0 aliphatic carbocycles. The van der Waals surface area contributed by atoms with Crippen LogP contribution in [0.3, 0.4) is 0 Å². The van der Waals surface area contributed by atoms with Crippen LogP contribution in [0.5, 0.6) is 17.2 Å². The molecule has 0 spiro atoms. The number of rotatable bonds is 6. The fourth-order valence-corrected chi connectivity index (χ4v) is 3.29. The van der Waals surface area contributed by atoms with Crippen molar-refractivity contribution in [2.24, 2.45) is 0 Å². The average Bonchev–Trinajstić information content (AvgIpc) is 3.10. The van der Waals surface area contributed by atoms with Crippen LogP contribution in [0.25, 0.3) is 22.7 Å². The molecule has 1 heterocycles. The molecule has 0 bridgehead atoms. The van der Waals surface area contributed by atoms with E-state index in [-0.39, 0.29) is 6.10 Å². The van der Waals surface area contributed by atoms with Crippen LogP contribution < -0.4 is 14.2 Å². The van der Waals surface area contributed by atoms with Crippen molar-refractivity contribution in [3.05, 3.63) is 46.2 Å². The number of ether oxygens (including phenoxy) is 3. The summed E-state index contributed by atoms with van der Waals surface area (Å²) in [5.74, 6) is 2.42. The van der Waals surface area contributed by atoms with E-state index < -0.39 is 0 Å². The van der Waals surface area contributed by atoms with Crippen LogP contribution in [0.1, 0.15) is 25.2 Å². The number of methoxy groups -OCH3 is 2. The highest BCUT2D eigenvalue weighted by Crippen LogP contribution is 2.38. The first-order valence-electron chi connectivity index (χ1n) is 8.65. The second-order valence-corrected chi connectivity index (χ2v) is 7.19. The highest BCUT2D eigenvalue weighted by Gasteiger charge is 2.14. The molecule has 0 atom stereocenters. The van der Waals surface area contributed by atoms with Crippen LogP contribution in [0.15, 0.2) is 34.8 Å². The molecule has 2 aromatic carbocycles. The summed E-state index contributed by atoms with van der Waals surface area (Å²) in [6.07, 6.45) is 1.76. The summed E-state index contributed by atoms with van der Waals surface area (Å²) in [5.41, 5.74) is 2.75. The molecular formula is C21H20BrN3O3. The minimum absolute atomic E-state index is 0.00815. The van der Waals surface area contributed by atoms with Crippen LogP contribution in [0, 0.1) is 11.3 Å². The van der Waals surface area contributed by atoms with E-state index in [9.17, 15) is 5.26 Å². The van der Waals surface area contributed by atoms with Gasteiger partial charge < -0.3 is 19.2 Å². The number of H-pyrrole nitrogens is 1. The molecule has 1 aromatic heterocycles. The van der Waals surface area contributed by atoms with Crippen molar-refractivity contribution in [1.29, 1.82) is 5.26 Å². The lowest BCUT2D eigenvalue weighted by Crippen LogP contribution is -2.07. The molecule has 0 saturated heterocycles. The first kappa shape index (κ1) is 19.8. The minimum Gasteiger partial charge on any atom is -0.497 e. The normalized spacial score (nSPS) is 11.5. The van der Waals surface area contributed by atoms with E-state index in [2.05, 4.69) is 32.0 Å². The highest BCUT2D eigenvalue weighted by molar-refractivity contribution is 9.10. The maximum absolute atomic E-state index is 9.67. The SMILES string of the molecule is COc1ccc2nc(/C(C#N)=C\c3cc(Br)c(OC(C)C)c(OC)c3)[nH]c2c1. The Bertz CT molecular complexity index is 1080. The van der Waals surface area contributed by atoms with Gasteiger partial charge in [0.2, 0.25) is 0 Å². The summed E-state index contributed by atoms with van der Waals surface area (Å²) in [7, 11) is 3.19. The number of imidazole rings is 1. The third kappa shape index (κ3) is 4.12. The standard InChI is InChI=1S/C21H20BrN3O3/c1-12(2)28-20-16(22)8-13(9-19(20)27-4)7-14(11-23)21-24-17-6-5-15(26-3)10-18(17)25-21/h5-10,12H,1-4H3,(H,24,25)/b14-7-. The van der Waals surface area contributed by atoms with Crippen molar-refractivity contribution < 1.29 is 14.2 Å². The summed E-state index contributed by atoms with van der Waals surface area (Å²) in [5, 5.41) is 9.67. The van der Waals surface area contributed by atoms with E-state index in [1.54, 1.807) is 20.3 Å². The Morgan fingerprint density at radius 3 is 2.64 bits per heavy atom. The zero-order valence-electron chi connectivity index (χ0n) is 16.0. The second kappa shape index (κ2) is 8.36. The molecule has 0 aliphatic rings. The van der Waals surface area contributed by atoms with Crippen LogP contribution >= 0.6 is 15.9 Å². The second-order valence-electron chi connectivity index (χ2n) is 6.34. The Morgan fingerprint density at radius 1 is 1.21 bits per heavy atom. The van der Waals surface area contributed by atoms with E-state index >= 15 is 0 Å². The number of allylic oxidation sites excluding steroid dienone is 1. The third-order valence-corrected chi connectivity index (χ3v) is 4.57. The maximum Gasteiger partial charge on any atom is 0.175 e. The fourth-order valence-electron chi connectivity index (χ4n) is 2.74. The van der Waals surface area contributed by atoms with Gasteiger partial charge >= 0.3 is 0 Å². The van der Waals surface area contributed by atoms with Gasteiger partial charge in [-0.2, -0.15) is 5.26 Å². The van der Waals surface area contributed by atoms with E-state index in [1.165, 1.54) is 0 Å². The first-order valence-corrected chi connectivity index (χ1v) is 9.44. The average molecular weight is 442 g/mol. The van der Waals surface area contributed by atoms with Gasteiger partial charge in [0, 0.05) is 6.07 Å². The van der Waals surface area contributed by atoms with Gasteiger partial charge in [-0.3, -0.25) is 0 Å². The number of nitrogens with zero attached hydrogens (tertiary/aromatic N) is 2. The van der Waals surface area contributed by atoms with Crippen molar-refractivity contribution in [2.75, 3.05) is 14.2 Å². The molecule has 0 aliphatic heterocycles.